The number of para-hydroxylation sites is 1. The molecule has 154 valence electrons. The Kier molecular flexibility index (Phi) is 11.0. The van der Waals surface area contributed by atoms with E-state index in [1.807, 2.05) is 13.8 Å². The number of amides is 1. The number of guanidine groups is 1. The van der Waals surface area contributed by atoms with Gasteiger partial charge in [0.2, 0.25) is 0 Å². The highest BCUT2D eigenvalue weighted by molar-refractivity contribution is 14.0. The molecule has 9 heteroatoms. The molecule has 1 atom stereocenters. The van der Waals surface area contributed by atoms with Crippen LogP contribution in [-0.4, -0.2) is 44.1 Å². The molecule has 1 unspecified atom stereocenters. The van der Waals surface area contributed by atoms with Crippen molar-refractivity contribution in [3.63, 3.8) is 0 Å². The topological polar surface area (TPSA) is 87.9 Å². The van der Waals surface area contributed by atoms with Crippen molar-refractivity contribution < 1.29 is 18.3 Å². The van der Waals surface area contributed by atoms with Crippen LogP contribution in [0.3, 0.4) is 0 Å². The van der Waals surface area contributed by atoms with Gasteiger partial charge in [0.05, 0.1) is 12.8 Å². The average molecular weight is 504 g/mol. The Morgan fingerprint density at radius 1 is 1.18 bits per heavy atom. The predicted octanol–water partition coefficient (Wildman–Crippen LogP) is 2.79. The van der Waals surface area contributed by atoms with E-state index in [0.29, 0.717) is 32.1 Å². The van der Waals surface area contributed by atoms with Gasteiger partial charge in [-0.15, -0.1) is 24.0 Å². The van der Waals surface area contributed by atoms with E-state index in [9.17, 15) is 9.18 Å². The van der Waals surface area contributed by atoms with Gasteiger partial charge in [-0.25, -0.2) is 9.38 Å². The Morgan fingerprint density at radius 3 is 2.61 bits per heavy atom. The summed E-state index contributed by atoms with van der Waals surface area (Å²) in [4.78, 5) is 16.2. The molecule has 0 aliphatic rings. The van der Waals surface area contributed by atoms with E-state index in [2.05, 4.69) is 20.9 Å². The van der Waals surface area contributed by atoms with Gasteiger partial charge in [-0.2, -0.15) is 0 Å². The molecular formula is C19H26FIN4O3. The molecule has 7 nitrogen and oxygen atoms in total. The van der Waals surface area contributed by atoms with Gasteiger partial charge in [-0.05, 0) is 38.1 Å². The van der Waals surface area contributed by atoms with Gasteiger partial charge in [0.25, 0.3) is 5.91 Å². The molecule has 0 saturated carbocycles. The SMILES string of the molecule is CCNC(=NCC(C)Oc1ccccc1F)NCCNC(=O)c1ccco1.I. The van der Waals surface area contributed by atoms with Crippen molar-refractivity contribution in [2.75, 3.05) is 26.2 Å². The zero-order valence-electron chi connectivity index (χ0n) is 15.9. The summed E-state index contributed by atoms with van der Waals surface area (Å²) in [6.45, 7) is 5.71. The Balaban J connectivity index is 0.00000392. The van der Waals surface area contributed by atoms with Gasteiger partial charge in [-0.1, -0.05) is 12.1 Å². The second-order valence-electron chi connectivity index (χ2n) is 5.74. The number of halogens is 2. The summed E-state index contributed by atoms with van der Waals surface area (Å²) >= 11 is 0. The minimum Gasteiger partial charge on any atom is -0.486 e. The molecule has 2 rings (SSSR count). The summed E-state index contributed by atoms with van der Waals surface area (Å²) in [5.41, 5.74) is 0. The molecule has 1 heterocycles. The van der Waals surface area contributed by atoms with Gasteiger partial charge in [-0.3, -0.25) is 4.79 Å². The second kappa shape index (κ2) is 13.0. The second-order valence-corrected chi connectivity index (χ2v) is 5.74. The number of rotatable bonds is 9. The van der Waals surface area contributed by atoms with E-state index in [0.717, 1.165) is 0 Å². The van der Waals surface area contributed by atoms with Gasteiger partial charge in [0, 0.05) is 19.6 Å². The molecule has 0 fully saturated rings. The summed E-state index contributed by atoms with van der Waals surface area (Å²) < 4.78 is 24.2. The van der Waals surface area contributed by atoms with E-state index in [4.69, 9.17) is 9.15 Å². The summed E-state index contributed by atoms with van der Waals surface area (Å²) in [6, 6.07) is 9.54. The molecule has 0 aliphatic carbocycles. The molecular weight excluding hydrogens is 478 g/mol. The lowest BCUT2D eigenvalue weighted by Gasteiger charge is -2.15. The Morgan fingerprint density at radius 2 is 1.93 bits per heavy atom. The third kappa shape index (κ3) is 8.15. The van der Waals surface area contributed by atoms with Crippen LogP contribution in [0, 0.1) is 5.82 Å². The van der Waals surface area contributed by atoms with Gasteiger partial charge in [0.1, 0.15) is 6.10 Å². The molecule has 1 amide bonds. The molecule has 3 N–H and O–H groups in total. The number of aliphatic imine (C=N–C) groups is 1. The van der Waals surface area contributed by atoms with E-state index < -0.39 is 5.82 Å². The van der Waals surface area contributed by atoms with Gasteiger partial charge >= 0.3 is 0 Å². The normalized spacial score (nSPS) is 11.9. The number of ether oxygens (including phenoxy) is 1. The number of carbonyl (C=O) groups is 1. The Bertz CT molecular complexity index is 741. The number of furan rings is 1. The summed E-state index contributed by atoms with van der Waals surface area (Å²) in [6.07, 6.45) is 1.16. The minimum atomic E-state index is -0.398. The third-order valence-electron chi connectivity index (χ3n) is 3.46. The monoisotopic (exact) mass is 504 g/mol. The highest BCUT2D eigenvalue weighted by Crippen LogP contribution is 2.16. The molecule has 28 heavy (non-hydrogen) atoms. The number of hydrogen-bond acceptors (Lipinski definition) is 4. The van der Waals surface area contributed by atoms with Crippen molar-refractivity contribution in [2.24, 2.45) is 4.99 Å². The lowest BCUT2D eigenvalue weighted by molar-refractivity contribution is 0.0926. The predicted molar refractivity (Wildman–Crippen MR) is 117 cm³/mol. The standard InChI is InChI=1S/C19H25FN4O3.HI/c1-3-21-19(23-11-10-22-18(25)17-9-6-12-26-17)24-13-14(2)27-16-8-5-4-7-15(16)20;/h4-9,12,14H,3,10-11,13H2,1-2H3,(H,22,25)(H2,21,23,24);1H. The fraction of sp³-hybridized carbons (Fsp3) is 0.368. The first-order valence-corrected chi connectivity index (χ1v) is 8.85. The molecule has 0 aliphatic heterocycles. The highest BCUT2D eigenvalue weighted by Gasteiger charge is 2.09. The van der Waals surface area contributed by atoms with E-state index in [-0.39, 0.29) is 47.5 Å². The van der Waals surface area contributed by atoms with Crippen LogP contribution < -0.4 is 20.7 Å². The maximum Gasteiger partial charge on any atom is 0.287 e. The van der Waals surface area contributed by atoms with Crippen LogP contribution in [0.4, 0.5) is 4.39 Å². The van der Waals surface area contributed by atoms with Gasteiger partial charge < -0.3 is 25.1 Å². The van der Waals surface area contributed by atoms with Crippen LogP contribution in [0.1, 0.15) is 24.4 Å². The van der Waals surface area contributed by atoms with Crippen LogP contribution in [0.25, 0.3) is 0 Å². The van der Waals surface area contributed by atoms with Crippen molar-refractivity contribution in [2.45, 2.75) is 20.0 Å². The zero-order valence-corrected chi connectivity index (χ0v) is 18.2. The van der Waals surface area contributed by atoms with Crippen LogP contribution >= 0.6 is 24.0 Å². The third-order valence-corrected chi connectivity index (χ3v) is 3.46. The summed E-state index contributed by atoms with van der Waals surface area (Å²) in [5.74, 6) is 0.406. The molecule has 0 saturated heterocycles. The maximum absolute atomic E-state index is 13.6. The summed E-state index contributed by atoms with van der Waals surface area (Å²) in [5, 5.41) is 8.96. The average Bonchev–Trinajstić information content (AvgIpc) is 3.19. The molecule has 0 bridgehead atoms. The zero-order chi connectivity index (χ0) is 19.5. The van der Waals surface area contributed by atoms with E-state index in [1.54, 1.807) is 30.3 Å². The number of carbonyl (C=O) groups excluding carboxylic acids is 1. The largest absolute Gasteiger partial charge is 0.486 e. The van der Waals surface area contributed by atoms with Crippen molar-refractivity contribution in [1.29, 1.82) is 0 Å². The van der Waals surface area contributed by atoms with Crippen molar-refractivity contribution in [3.05, 3.63) is 54.2 Å². The number of nitrogens with zero attached hydrogens (tertiary/aromatic N) is 1. The minimum absolute atomic E-state index is 0. The quantitative estimate of drug-likeness (QED) is 0.212. The molecule has 2 aromatic rings. The smallest absolute Gasteiger partial charge is 0.287 e. The molecule has 1 aromatic carbocycles. The molecule has 0 spiro atoms. The number of hydrogen-bond donors (Lipinski definition) is 3. The lowest BCUT2D eigenvalue weighted by atomic mass is 10.3. The fourth-order valence-electron chi connectivity index (χ4n) is 2.21. The first kappa shape index (κ1) is 23.7. The van der Waals surface area contributed by atoms with Crippen LogP contribution in [-0.2, 0) is 0 Å². The Labute approximate surface area is 181 Å². The van der Waals surface area contributed by atoms with Crippen molar-refractivity contribution >= 4 is 35.8 Å². The lowest BCUT2D eigenvalue weighted by Crippen LogP contribution is -2.42. The van der Waals surface area contributed by atoms with E-state index in [1.165, 1.54) is 12.3 Å². The maximum atomic E-state index is 13.6. The number of nitrogens with one attached hydrogen (secondary N) is 3. The van der Waals surface area contributed by atoms with Gasteiger partial charge in [0.15, 0.2) is 23.3 Å². The Hall–Kier alpha value is -2.30. The first-order valence-electron chi connectivity index (χ1n) is 8.85. The first-order chi connectivity index (χ1) is 13.1. The van der Waals surface area contributed by atoms with Crippen LogP contribution in [0.15, 0.2) is 52.1 Å². The van der Waals surface area contributed by atoms with Crippen LogP contribution in [0.5, 0.6) is 5.75 Å². The van der Waals surface area contributed by atoms with Crippen LogP contribution in [0.2, 0.25) is 0 Å². The highest BCUT2D eigenvalue weighted by atomic mass is 127. The fourth-order valence-corrected chi connectivity index (χ4v) is 2.21. The molecule has 0 radical (unpaired) electrons. The summed E-state index contributed by atoms with van der Waals surface area (Å²) in [7, 11) is 0. The number of benzene rings is 1. The van der Waals surface area contributed by atoms with E-state index >= 15 is 0 Å². The van der Waals surface area contributed by atoms with Crippen molar-refractivity contribution in [1.82, 2.24) is 16.0 Å². The molecule has 1 aromatic heterocycles. The van der Waals surface area contributed by atoms with Crippen molar-refractivity contribution in [3.8, 4) is 5.75 Å².